The number of benzene rings is 2. The van der Waals surface area contributed by atoms with Crippen molar-refractivity contribution in [1.29, 1.82) is 0 Å². The van der Waals surface area contributed by atoms with Crippen molar-refractivity contribution in [2.75, 3.05) is 34.2 Å². The molecule has 2 aromatic carbocycles. The highest BCUT2D eigenvalue weighted by Gasteiger charge is 2.58. The van der Waals surface area contributed by atoms with Gasteiger partial charge in [0.05, 0.1) is 39.5 Å². The number of ether oxygens (including phenoxy) is 11. The van der Waals surface area contributed by atoms with E-state index in [-0.39, 0.29) is 37.3 Å². The second-order valence-electron chi connectivity index (χ2n) is 12.4. The van der Waals surface area contributed by atoms with Crippen LogP contribution in [-0.4, -0.2) is 104 Å². The van der Waals surface area contributed by atoms with E-state index in [0.717, 1.165) is 0 Å². The lowest BCUT2D eigenvalue weighted by Crippen LogP contribution is -2.65. The summed E-state index contributed by atoms with van der Waals surface area (Å²) in [6, 6.07) is 6.68. The topological polar surface area (TPSA) is 173 Å². The van der Waals surface area contributed by atoms with E-state index in [2.05, 4.69) is 0 Å². The number of esters is 3. The van der Waals surface area contributed by atoms with E-state index in [9.17, 15) is 19.5 Å². The Bertz CT molecular complexity index is 1700. The molecule has 0 spiro atoms. The van der Waals surface area contributed by atoms with Crippen molar-refractivity contribution in [3.05, 3.63) is 41.0 Å². The molecule has 4 heterocycles. The van der Waals surface area contributed by atoms with Crippen LogP contribution in [0.15, 0.2) is 24.3 Å². The third kappa shape index (κ3) is 6.74. The Hall–Kier alpha value is -3.15. The number of alkyl halides is 4. The molecule has 2 aromatic rings. The highest BCUT2D eigenvalue weighted by Crippen LogP contribution is 2.57. The zero-order chi connectivity index (χ0) is 37.0. The Labute approximate surface area is 316 Å². The normalized spacial score (nSPS) is 31.7. The average molecular weight is 810 g/mol. The van der Waals surface area contributed by atoms with Crippen LogP contribution in [0.2, 0.25) is 0 Å². The van der Waals surface area contributed by atoms with Gasteiger partial charge in [-0.05, 0) is 47.9 Å². The predicted molar refractivity (Wildman–Crippen MR) is 177 cm³/mol. The summed E-state index contributed by atoms with van der Waals surface area (Å²) in [7, 11) is 2.79. The molecule has 0 radical (unpaired) electrons. The van der Waals surface area contributed by atoms with Crippen molar-refractivity contribution >= 4 is 64.3 Å². The van der Waals surface area contributed by atoms with Gasteiger partial charge in [-0.3, -0.25) is 4.79 Å². The minimum absolute atomic E-state index is 0.0284. The Morgan fingerprint density at radius 2 is 1.46 bits per heavy atom. The van der Waals surface area contributed by atoms with Crippen LogP contribution in [0, 0.1) is 11.8 Å². The number of carbonyl (C=O) groups excluding carboxylic acids is 3. The van der Waals surface area contributed by atoms with Gasteiger partial charge < -0.3 is 57.2 Å². The van der Waals surface area contributed by atoms with Gasteiger partial charge in [-0.2, -0.15) is 0 Å². The SMILES string of the molecule is COc1cc([C@@H]2c3cc4c(cc3[C@H](O[C@@H]3O[C@@H]5COC(C)O[C@H]5[C@H](OC(=O)C(Cl)Cl)[C@H]3OC(=O)C(Cl)Cl)[C@H]3COC(=O)[C@H]23)OCO4)cc(OC)c1O. The molecular formula is C33H32Cl4O15. The number of phenols is 1. The fourth-order valence-corrected chi connectivity index (χ4v) is 7.54. The highest BCUT2D eigenvalue weighted by molar-refractivity contribution is 6.53. The zero-order valence-electron chi connectivity index (χ0n) is 27.5. The molecule has 1 N–H and O–H groups in total. The van der Waals surface area contributed by atoms with E-state index in [1.807, 2.05) is 0 Å². The molecule has 0 bridgehead atoms. The van der Waals surface area contributed by atoms with Gasteiger partial charge in [0.2, 0.25) is 22.2 Å². The van der Waals surface area contributed by atoms with E-state index in [1.54, 1.807) is 31.2 Å². The molecule has 5 aliphatic rings. The average Bonchev–Trinajstić information content (AvgIpc) is 3.74. The smallest absolute Gasteiger partial charge is 0.340 e. The summed E-state index contributed by atoms with van der Waals surface area (Å²) in [6.45, 7) is 1.46. The molecule has 0 saturated carbocycles. The second-order valence-corrected chi connectivity index (χ2v) is 14.6. The summed E-state index contributed by atoms with van der Waals surface area (Å²) in [5, 5.41) is 10.7. The molecule has 4 aliphatic heterocycles. The number of rotatable bonds is 9. The minimum atomic E-state index is -1.64. The molecule has 0 aromatic heterocycles. The number of halogens is 4. The Morgan fingerprint density at radius 3 is 2.08 bits per heavy atom. The van der Waals surface area contributed by atoms with Crippen LogP contribution >= 0.6 is 46.4 Å². The fraction of sp³-hybridized carbons (Fsp3) is 0.545. The summed E-state index contributed by atoms with van der Waals surface area (Å²) in [5.41, 5.74) is 1.69. The van der Waals surface area contributed by atoms with E-state index in [0.29, 0.717) is 28.2 Å². The largest absolute Gasteiger partial charge is 0.502 e. The first-order chi connectivity index (χ1) is 24.9. The van der Waals surface area contributed by atoms with Gasteiger partial charge in [-0.25, -0.2) is 9.59 Å². The number of hydrogen-bond donors (Lipinski definition) is 1. The lowest BCUT2D eigenvalue weighted by Gasteiger charge is -2.49. The number of phenolic OH excluding ortho intramolecular Hbond substituents is 1. The lowest BCUT2D eigenvalue weighted by molar-refractivity contribution is -0.365. The van der Waals surface area contributed by atoms with Crippen LogP contribution in [0.5, 0.6) is 28.7 Å². The molecule has 10 atom stereocenters. The van der Waals surface area contributed by atoms with Gasteiger partial charge in [0.1, 0.15) is 12.2 Å². The van der Waals surface area contributed by atoms with Gasteiger partial charge in [0.25, 0.3) is 0 Å². The van der Waals surface area contributed by atoms with E-state index in [4.69, 9.17) is 98.5 Å². The molecule has 3 fully saturated rings. The Morgan fingerprint density at radius 1 is 0.846 bits per heavy atom. The van der Waals surface area contributed by atoms with Gasteiger partial charge in [0, 0.05) is 11.8 Å². The van der Waals surface area contributed by atoms with Crippen molar-refractivity contribution in [3.8, 4) is 28.7 Å². The summed E-state index contributed by atoms with van der Waals surface area (Å²) in [4.78, 5) is 36.2. The van der Waals surface area contributed by atoms with Crippen LogP contribution in [0.4, 0.5) is 0 Å². The minimum Gasteiger partial charge on any atom is -0.502 e. The molecule has 1 unspecified atom stereocenters. The molecule has 15 nitrogen and oxygen atoms in total. The van der Waals surface area contributed by atoms with Gasteiger partial charge in [-0.15, -0.1) is 0 Å². The number of aromatic hydroxyl groups is 1. The Balaban J connectivity index is 1.34. The molecule has 52 heavy (non-hydrogen) atoms. The summed E-state index contributed by atoms with van der Waals surface area (Å²) >= 11 is 23.5. The maximum absolute atomic E-state index is 13.7. The maximum atomic E-state index is 13.7. The van der Waals surface area contributed by atoms with E-state index >= 15 is 0 Å². The molecule has 1 aliphatic carbocycles. The number of methoxy groups -OCH3 is 2. The van der Waals surface area contributed by atoms with Crippen LogP contribution in [-0.2, 0) is 47.5 Å². The van der Waals surface area contributed by atoms with Crippen LogP contribution in [0.3, 0.4) is 0 Å². The van der Waals surface area contributed by atoms with Crippen molar-refractivity contribution in [2.24, 2.45) is 11.8 Å². The predicted octanol–water partition coefficient (Wildman–Crippen LogP) is 4.05. The summed E-state index contributed by atoms with van der Waals surface area (Å²) in [6.07, 6.45) is -8.18. The van der Waals surface area contributed by atoms with Crippen LogP contribution in [0.25, 0.3) is 0 Å². The van der Waals surface area contributed by atoms with Gasteiger partial charge in [0.15, 0.2) is 47.8 Å². The van der Waals surface area contributed by atoms with Crippen molar-refractivity contribution in [2.45, 2.75) is 65.6 Å². The van der Waals surface area contributed by atoms with Gasteiger partial charge >= 0.3 is 17.9 Å². The first-order valence-electron chi connectivity index (χ1n) is 16.0. The molecule has 282 valence electrons. The van der Waals surface area contributed by atoms with E-state index in [1.165, 1.54) is 14.2 Å². The fourth-order valence-electron chi connectivity index (χ4n) is 7.33. The van der Waals surface area contributed by atoms with Crippen molar-refractivity contribution in [3.63, 3.8) is 0 Å². The highest BCUT2D eigenvalue weighted by atomic mass is 35.5. The zero-order valence-corrected chi connectivity index (χ0v) is 30.6. The van der Waals surface area contributed by atoms with Crippen LogP contribution in [0.1, 0.15) is 35.6 Å². The Kier molecular flexibility index (Phi) is 10.7. The summed E-state index contributed by atoms with van der Waals surface area (Å²) in [5.74, 6) is -4.09. The molecule has 3 saturated heterocycles. The maximum Gasteiger partial charge on any atom is 0.340 e. The number of hydrogen-bond acceptors (Lipinski definition) is 15. The number of cyclic esters (lactones) is 1. The quantitative estimate of drug-likeness (QED) is 0.218. The van der Waals surface area contributed by atoms with Crippen molar-refractivity contribution in [1.82, 2.24) is 0 Å². The summed E-state index contributed by atoms with van der Waals surface area (Å²) < 4.78 is 64.1. The monoisotopic (exact) mass is 808 g/mol. The molecule has 0 amide bonds. The second kappa shape index (κ2) is 14.9. The lowest BCUT2D eigenvalue weighted by atomic mass is 9.66. The first kappa shape index (κ1) is 37.2. The molecule has 7 rings (SSSR count). The third-order valence-corrected chi connectivity index (χ3v) is 10.3. The number of fused-ring (bicyclic) bond motifs is 4. The van der Waals surface area contributed by atoms with Crippen molar-refractivity contribution < 1.29 is 71.6 Å². The third-order valence-electron chi connectivity index (χ3n) is 9.56. The standard InChI is InChI=1S/C33H32Cl4O15/c1-11-44-9-20-25(48-11)26(50-31(40)28(34)35)27(51-32(41)29(36)37)33(49-20)52-24-14-7-17-16(46-10-47-17)6-13(14)21(22-15(24)8-45-30(22)39)12-4-18(42-2)23(38)19(5-12)43-3/h4-7,11,15,20-22,24-29,33,38H,8-10H2,1-3H3/t11?,15-,20+,21+,22-,24-,25+,26-,27+,33-/m0/s1. The van der Waals surface area contributed by atoms with E-state index < -0.39 is 88.4 Å². The number of carbonyl (C=O) groups is 3. The molecular weight excluding hydrogens is 778 g/mol. The van der Waals surface area contributed by atoms with Gasteiger partial charge in [-0.1, -0.05) is 46.4 Å². The van der Waals surface area contributed by atoms with Crippen LogP contribution < -0.4 is 18.9 Å². The molecule has 19 heteroatoms. The first-order valence-corrected chi connectivity index (χ1v) is 17.7.